The van der Waals surface area contributed by atoms with E-state index in [-0.39, 0.29) is 30.3 Å². The SMILES string of the molecule is O=C(NC[C@H]1CCC[C@H]1C(=O)N1CCCC[C@H]1C(=O)O)OCC1c2ccccc2-c2ccccc21. The van der Waals surface area contributed by atoms with Crippen molar-refractivity contribution < 1.29 is 24.2 Å². The van der Waals surface area contributed by atoms with Crippen molar-refractivity contribution in [3.63, 3.8) is 0 Å². The van der Waals surface area contributed by atoms with Crippen molar-refractivity contribution in [1.82, 2.24) is 10.2 Å². The molecule has 0 spiro atoms. The van der Waals surface area contributed by atoms with Crippen LogP contribution in [-0.4, -0.2) is 53.7 Å². The Morgan fingerprint density at radius 2 is 1.60 bits per heavy atom. The number of carbonyl (C=O) groups excluding carboxylic acids is 2. The van der Waals surface area contributed by atoms with E-state index in [1.165, 1.54) is 11.1 Å². The summed E-state index contributed by atoms with van der Waals surface area (Å²) in [6.07, 6.45) is 4.18. The summed E-state index contributed by atoms with van der Waals surface area (Å²) >= 11 is 0. The normalized spacial score (nSPS) is 23.4. The van der Waals surface area contributed by atoms with Crippen molar-refractivity contribution in [1.29, 1.82) is 0 Å². The number of amides is 2. The van der Waals surface area contributed by atoms with Gasteiger partial charge in [-0.25, -0.2) is 9.59 Å². The molecule has 7 nitrogen and oxygen atoms in total. The first-order valence-corrected chi connectivity index (χ1v) is 12.7. The first-order valence-electron chi connectivity index (χ1n) is 12.7. The van der Waals surface area contributed by atoms with Gasteiger partial charge in [-0.15, -0.1) is 0 Å². The number of nitrogens with zero attached hydrogens (tertiary/aromatic N) is 1. The van der Waals surface area contributed by atoms with E-state index < -0.39 is 18.1 Å². The largest absolute Gasteiger partial charge is 0.480 e. The van der Waals surface area contributed by atoms with Gasteiger partial charge in [-0.05, 0) is 60.3 Å². The topological polar surface area (TPSA) is 95.9 Å². The molecule has 5 rings (SSSR count). The van der Waals surface area contributed by atoms with Gasteiger partial charge in [0.25, 0.3) is 0 Å². The van der Waals surface area contributed by atoms with Crippen LogP contribution in [-0.2, 0) is 14.3 Å². The second kappa shape index (κ2) is 10.1. The lowest BCUT2D eigenvalue weighted by Gasteiger charge is -2.36. The standard InChI is InChI=1S/C28H32N2O5/c31-26(30-15-6-5-14-25(30)27(32)33)19-13-7-8-18(19)16-29-28(34)35-17-24-22-11-3-1-9-20(22)21-10-2-4-12-23(21)24/h1-4,9-12,18-19,24-25H,5-8,13-17H2,(H,29,34)(H,32,33)/t18-,19-,25+/m1/s1. The average Bonchev–Trinajstić information content (AvgIpc) is 3.48. The second-order valence-corrected chi connectivity index (χ2v) is 9.89. The first kappa shape index (κ1) is 23.4. The van der Waals surface area contributed by atoms with Gasteiger partial charge < -0.3 is 20.1 Å². The Kier molecular flexibility index (Phi) is 6.75. The van der Waals surface area contributed by atoms with Crippen LogP contribution >= 0.6 is 0 Å². The smallest absolute Gasteiger partial charge is 0.407 e. The number of fused-ring (bicyclic) bond motifs is 3. The van der Waals surface area contributed by atoms with Gasteiger partial charge in [-0.3, -0.25) is 4.79 Å². The minimum Gasteiger partial charge on any atom is -0.480 e. The number of carboxylic acids is 1. The zero-order chi connectivity index (χ0) is 24.4. The summed E-state index contributed by atoms with van der Waals surface area (Å²) in [6, 6.07) is 15.7. The quantitative estimate of drug-likeness (QED) is 0.644. The lowest BCUT2D eigenvalue weighted by molar-refractivity contribution is -0.154. The Hall–Kier alpha value is -3.35. The van der Waals surface area contributed by atoms with Crippen LogP contribution in [0.2, 0.25) is 0 Å². The van der Waals surface area contributed by atoms with Crippen molar-refractivity contribution in [2.45, 2.75) is 50.5 Å². The number of ether oxygens (including phenoxy) is 1. The van der Waals surface area contributed by atoms with E-state index in [4.69, 9.17) is 4.74 Å². The van der Waals surface area contributed by atoms with E-state index in [1.807, 2.05) is 24.3 Å². The highest BCUT2D eigenvalue weighted by Gasteiger charge is 2.40. The molecule has 1 saturated heterocycles. The summed E-state index contributed by atoms with van der Waals surface area (Å²) in [7, 11) is 0. The highest BCUT2D eigenvalue weighted by molar-refractivity contribution is 5.86. The van der Waals surface area contributed by atoms with Gasteiger partial charge in [0.2, 0.25) is 5.91 Å². The van der Waals surface area contributed by atoms with Crippen molar-refractivity contribution in [2.75, 3.05) is 19.7 Å². The van der Waals surface area contributed by atoms with Gasteiger partial charge in [0, 0.05) is 24.9 Å². The van der Waals surface area contributed by atoms with Crippen molar-refractivity contribution in [3.05, 3.63) is 59.7 Å². The fraction of sp³-hybridized carbons (Fsp3) is 0.464. The number of benzene rings is 2. The minimum absolute atomic E-state index is 0.000598. The lowest BCUT2D eigenvalue weighted by atomic mass is 9.92. The number of alkyl carbamates (subject to hydrolysis) is 1. The molecule has 2 N–H and O–H groups in total. The van der Waals surface area contributed by atoms with Crippen LogP contribution in [0, 0.1) is 11.8 Å². The monoisotopic (exact) mass is 476 g/mol. The molecular formula is C28H32N2O5. The van der Waals surface area contributed by atoms with Crippen LogP contribution in [0.15, 0.2) is 48.5 Å². The Labute approximate surface area is 205 Å². The Morgan fingerprint density at radius 3 is 2.29 bits per heavy atom. The maximum Gasteiger partial charge on any atom is 0.407 e. The van der Waals surface area contributed by atoms with Crippen LogP contribution in [0.25, 0.3) is 11.1 Å². The molecule has 1 aliphatic heterocycles. The molecule has 2 aliphatic carbocycles. The summed E-state index contributed by atoms with van der Waals surface area (Å²) in [5, 5.41) is 12.4. The molecule has 7 heteroatoms. The highest BCUT2D eigenvalue weighted by Crippen LogP contribution is 2.44. The Bertz CT molecular complexity index is 1070. The van der Waals surface area contributed by atoms with Gasteiger partial charge >= 0.3 is 12.1 Å². The van der Waals surface area contributed by atoms with E-state index in [9.17, 15) is 19.5 Å². The molecule has 1 saturated carbocycles. The number of likely N-dealkylation sites (tertiary alicyclic amines) is 1. The predicted molar refractivity (Wildman–Crippen MR) is 131 cm³/mol. The molecule has 2 fully saturated rings. The molecule has 0 unspecified atom stereocenters. The highest BCUT2D eigenvalue weighted by atomic mass is 16.5. The molecule has 2 amide bonds. The number of carboxylic acid groups (broad SMARTS) is 1. The van der Waals surface area contributed by atoms with E-state index in [1.54, 1.807) is 4.90 Å². The van der Waals surface area contributed by atoms with Gasteiger partial charge in [0.15, 0.2) is 0 Å². The predicted octanol–water partition coefficient (Wildman–Crippen LogP) is 4.41. The summed E-state index contributed by atoms with van der Waals surface area (Å²) in [5.74, 6) is -1.25. The fourth-order valence-corrected chi connectivity index (χ4v) is 6.14. The Balaban J connectivity index is 1.17. The maximum atomic E-state index is 13.2. The van der Waals surface area contributed by atoms with Gasteiger partial charge in [-0.1, -0.05) is 55.0 Å². The van der Waals surface area contributed by atoms with Crippen LogP contribution in [0.4, 0.5) is 4.79 Å². The summed E-state index contributed by atoms with van der Waals surface area (Å²) < 4.78 is 5.64. The average molecular weight is 477 g/mol. The fourth-order valence-electron chi connectivity index (χ4n) is 6.14. The molecule has 1 heterocycles. The molecule has 2 aromatic carbocycles. The molecule has 0 aromatic heterocycles. The van der Waals surface area contributed by atoms with Crippen LogP contribution in [0.5, 0.6) is 0 Å². The van der Waals surface area contributed by atoms with Gasteiger partial charge in [-0.2, -0.15) is 0 Å². The minimum atomic E-state index is -0.927. The number of aliphatic carboxylic acids is 1. The summed E-state index contributed by atoms with van der Waals surface area (Å²) in [6.45, 7) is 1.11. The maximum absolute atomic E-state index is 13.2. The third kappa shape index (κ3) is 4.64. The second-order valence-electron chi connectivity index (χ2n) is 9.89. The molecule has 0 bridgehead atoms. The lowest BCUT2D eigenvalue weighted by Crippen LogP contribution is -2.51. The van der Waals surface area contributed by atoms with E-state index in [0.717, 1.165) is 43.2 Å². The van der Waals surface area contributed by atoms with E-state index >= 15 is 0 Å². The van der Waals surface area contributed by atoms with Crippen molar-refractivity contribution >= 4 is 18.0 Å². The molecular weight excluding hydrogens is 444 g/mol. The van der Waals surface area contributed by atoms with E-state index in [2.05, 4.69) is 29.6 Å². The number of hydrogen-bond acceptors (Lipinski definition) is 4. The zero-order valence-corrected chi connectivity index (χ0v) is 19.8. The Morgan fingerprint density at radius 1 is 0.914 bits per heavy atom. The summed E-state index contributed by atoms with van der Waals surface area (Å²) in [4.78, 5) is 39.0. The first-order chi connectivity index (χ1) is 17.0. The molecule has 35 heavy (non-hydrogen) atoms. The molecule has 2 aromatic rings. The molecule has 184 valence electrons. The molecule has 3 aliphatic rings. The summed E-state index contributed by atoms with van der Waals surface area (Å²) in [5.41, 5.74) is 4.69. The van der Waals surface area contributed by atoms with Gasteiger partial charge in [0.1, 0.15) is 12.6 Å². The number of hydrogen-bond donors (Lipinski definition) is 2. The number of piperidine rings is 1. The molecule has 0 radical (unpaired) electrons. The number of carbonyl (C=O) groups is 3. The van der Waals surface area contributed by atoms with Crippen LogP contribution in [0.1, 0.15) is 55.6 Å². The molecule has 3 atom stereocenters. The number of rotatable bonds is 6. The van der Waals surface area contributed by atoms with E-state index in [0.29, 0.717) is 19.5 Å². The van der Waals surface area contributed by atoms with Gasteiger partial charge in [0.05, 0.1) is 0 Å². The third-order valence-corrected chi connectivity index (χ3v) is 7.90. The van der Waals surface area contributed by atoms with Crippen molar-refractivity contribution in [2.24, 2.45) is 11.8 Å². The third-order valence-electron chi connectivity index (χ3n) is 7.90. The van der Waals surface area contributed by atoms with Crippen molar-refractivity contribution in [3.8, 4) is 11.1 Å². The van der Waals surface area contributed by atoms with Crippen LogP contribution in [0.3, 0.4) is 0 Å². The number of nitrogens with one attached hydrogen (secondary N) is 1. The van der Waals surface area contributed by atoms with Crippen LogP contribution < -0.4 is 5.32 Å². The zero-order valence-electron chi connectivity index (χ0n) is 19.8.